The van der Waals surface area contributed by atoms with Crippen molar-refractivity contribution in [3.63, 3.8) is 0 Å². The molecule has 0 spiro atoms. The smallest absolute Gasteiger partial charge is 0.157 e. The molecule has 2 fully saturated rings. The lowest BCUT2D eigenvalue weighted by Gasteiger charge is -2.38. The van der Waals surface area contributed by atoms with Gasteiger partial charge in [0.05, 0.1) is 0 Å². The van der Waals surface area contributed by atoms with Crippen LogP contribution in [0.5, 0.6) is 0 Å². The van der Waals surface area contributed by atoms with Crippen molar-refractivity contribution in [2.75, 3.05) is 47.0 Å². The molecule has 0 unspecified atom stereocenters. The molecule has 2 aliphatic rings. The first-order valence-corrected chi connectivity index (χ1v) is 10.6. The number of piperazine rings is 1. The van der Waals surface area contributed by atoms with Crippen LogP contribution >= 0.6 is 0 Å². The molecule has 1 aromatic carbocycles. The van der Waals surface area contributed by atoms with Crippen molar-refractivity contribution >= 4 is 23.0 Å². The number of nitrogens with one attached hydrogen (secondary N) is 1. The van der Waals surface area contributed by atoms with E-state index in [9.17, 15) is 0 Å². The molecule has 1 aliphatic carbocycles. The maximum absolute atomic E-state index is 6.48. The van der Waals surface area contributed by atoms with Crippen LogP contribution in [-0.4, -0.2) is 42.2 Å². The molecule has 6 heteroatoms. The molecule has 150 valence electrons. The van der Waals surface area contributed by atoms with Gasteiger partial charge in [-0.3, -0.25) is 0 Å². The van der Waals surface area contributed by atoms with Gasteiger partial charge in [0, 0.05) is 37.9 Å². The summed E-state index contributed by atoms with van der Waals surface area (Å²) in [6.45, 7) is 8.16. The highest BCUT2D eigenvalue weighted by atomic mass is 15.3. The maximum atomic E-state index is 6.48. The van der Waals surface area contributed by atoms with Crippen LogP contribution in [0.2, 0.25) is 0 Å². The van der Waals surface area contributed by atoms with E-state index in [-0.39, 0.29) is 0 Å². The number of aryl methyl sites for hydroxylation is 1. The minimum Gasteiger partial charge on any atom is -0.393 e. The second-order valence-corrected chi connectivity index (χ2v) is 8.13. The minimum absolute atomic E-state index is 0.486. The van der Waals surface area contributed by atoms with E-state index in [0.29, 0.717) is 11.7 Å². The molecule has 2 heterocycles. The zero-order chi connectivity index (χ0) is 19.5. The van der Waals surface area contributed by atoms with Crippen LogP contribution in [0.1, 0.15) is 43.2 Å². The first kappa shape index (κ1) is 18.8. The first-order chi connectivity index (χ1) is 13.6. The average molecular weight is 381 g/mol. The number of nitrogen functional groups attached to an aromatic ring is 1. The number of rotatable bonds is 4. The summed E-state index contributed by atoms with van der Waals surface area (Å²) >= 11 is 0. The van der Waals surface area contributed by atoms with Crippen LogP contribution in [-0.2, 0) is 0 Å². The molecule has 0 amide bonds. The summed E-state index contributed by atoms with van der Waals surface area (Å²) in [5, 5.41) is 3.56. The zero-order valence-corrected chi connectivity index (χ0v) is 17.1. The molecular formula is C22H32N6. The number of anilines is 4. The summed E-state index contributed by atoms with van der Waals surface area (Å²) in [7, 11) is 0. The van der Waals surface area contributed by atoms with Crippen molar-refractivity contribution < 1.29 is 0 Å². The van der Waals surface area contributed by atoms with E-state index in [4.69, 9.17) is 5.73 Å². The van der Waals surface area contributed by atoms with Gasteiger partial charge in [0.15, 0.2) is 11.6 Å². The number of aromatic nitrogens is 2. The van der Waals surface area contributed by atoms with Gasteiger partial charge in [0.1, 0.15) is 12.0 Å². The SMILES string of the molecule is Cc1cccc(N2CCN(c3ncnc(NC4CCCCC4)c3N)CC2)c1C. The van der Waals surface area contributed by atoms with Crippen molar-refractivity contribution in [2.45, 2.75) is 52.0 Å². The lowest BCUT2D eigenvalue weighted by atomic mass is 9.95. The van der Waals surface area contributed by atoms with Crippen LogP contribution in [0.15, 0.2) is 24.5 Å². The number of hydrogen-bond acceptors (Lipinski definition) is 6. The van der Waals surface area contributed by atoms with Gasteiger partial charge < -0.3 is 20.9 Å². The topological polar surface area (TPSA) is 70.3 Å². The molecule has 1 aromatic heterocycles. The molecule has 1 aliphatic heterocycles. The highest BCUT2D eigenvalue weighted by Gasteiger charge is 2.23. The third kappa shape index (κ3) is 3.86. The lowest BCUT2D eigenvalue weighted by molar-refractivity contribution is 0.462. The molecule has 4 rings (SSSR count). The highest BCUT2D eigenvalue weighted by molar-refractivity contribution is 5.75. The zero-order valence-electron chi connectivity index (χ0n) is 17.1. The molecule has 0 bridgehead atoms. The van der Waals surface area contributed by atoms with E-state index < -0.39 is 0 Å². The van der Waals surface area contributed by atoms with Gasteiger partial charge in [-0.2, -0.15) is 0 Å². The molecule has 2 aromatic rings. The van der Waals surface area contributed by atoms with Crippen molar-refractivity contribution in [1.82, 2.24) is 9.97 Å². The van der Waals surface area contributed by atoms with Gasteiger partial charge in [-0.1, -0.05) is 31.4 Å². The average Bonchev–Trinajstić information content (AvgIpc) is 2.73. The molecule has 3 N–H and O–H groups in total. The van der Waals surface area contributed by atoms with Gasteiger partial charge >= 0.3 is 0 Å². The van der Waals surface area contributed by atoms with Gasteiger partial charge in [0.2, 0.25) is 0 Å². The summed E-state index contributed by atoms with van der Waals surface area (Å²) in [4.78, 5) is 13.7. The van der Waals surface area contributed by atoms with E-state index in [2.05, 4.69) is 57.1 Å². The fourth-order valence-electron chi connectivity index (χ4n) is 4.43. The van der Waals surface area contributed by atoms with Crippen molar-refractivity contribution in [1.29, 1.82) is 0 Å². The number of hydrogen-bond donors (Lipinski definition) is 2. The van der Waals surface area contributed by atoms with Crippen LogP contribution < -0.4 is 20.9 Å². The summed E-state index contributed by atoms with van der Waals surface area (Å²) in [6, 6.07) is 7.04. The van der Waals surface area contributed by atoms with E-state index in [1.54, 1.807) is 6.33 Å². The monoisotopic (exact) mass is 380 g/mol. The van der Waals surface area contributed by atoms with Gasteiger partial charge in [-0.15, -0.1) is 0 Å². The third-order valence-corrected chi connectivity index (χ3v) is 6.30. The summed E-state index contributed by atoms with van der Waals surface area (Å²) < 4.78 is 0. The van der Waals surface area contributed by atoms with Gasteiger partial charge in [0.25, 0.3) is 0 Å². The van der Waals surface area contributed by atoms with Crippen molar-refractivity contribution in [3.8, 4) is 0 Å². The molecule has 6 nitrogen and oxygen atoms in total. The number of benzene rings is 1. The fourth-order valence-corrected chi connectivity index (χ4v) is 4.43. The van der Waals surface area contributed by atoms with E-state index in [0.717, 1.165) is 37.8 Å². The highest BCUT2D eigenvalue weighted by Crippen LogP contribution is 2.31. The summed E-state index contributed by atoms with van der Waals surface area (Å²) in [5.41, 5.74) is 11.2. The quantitative estimate of drug-likeness (QED) is 0.842. The van der Waals surface area contributed by atoms with E-state index >= 15 is 0 Å². The fraction of sp³-hybridized carbons (Fsp3) is 0.545. The Hall–Kier alpha value is -2.50. The van der Waals surface area contributed by atoms with Gasteiger partial charge in [-0.05, 0) is 43.9 Å². The van der Waals surface area contributed by atoms with Crippen LogP contribution in [0.3, 0.4) is 0 Å². The first-order valence-electron chi connectivity index (χ1n) is 10.6. The Morgan fingerprint density at radius 3 is 2.43 bits per heavy atom. The molecule has 0 atom stereocenters. The predicted octanol–water partition coefficient (Wildman–Crippen LogP) is 3.75. The second kappa shape index (κ2) is 8.25. The van der Waals surface area contributed by atoms with Crippen molar-refractivity contribution in [3.05, 3.63) is 35.7 Å². The predicted molar refractivity (Wildman–Crippen MR) is 117 cm³/mol. The maximum Gasteiger partial charge on any atom is 0.157 e. The van der Waals surface area contributed by atoms with Crippen LogP contribution in [0.4, 0.5) is 23.0 Å². The normalized spacial score (nSPS) is 18.4. The number of nitrogens with two attached hydrogens (primary N) is 1. The Labute approximate surface area is 168 Å². The Kier molecular flexibility index (Phi) is 5.55. The minimum atomic E-state index is 0.486. The Bertz CT molecular complexity index is 807. The summed E-state index contributed by atoms with van der Waals surface area (Å²) in [5.74, 6) is 1.67. The molecule has 0 radical (unpaired) electrons. The van der Waals surface area contributed by atoms with Gasteiger partial charge in [-0.25, -0.2) is 9.97 Å². The molecule has 28 heavy (non-hydrogen) atoms. The van der Waals surface area contributed by atoms with Crippen LogP contribution in [0, 0.1) is 13.8 Å². The Balaban J connectivity index is 1.44. The standard InChI is InChI=1S/C22H32N6/c1-16-7-6-10-19(17(16)2)27-11-13-28(14-12-27)22-20(23)21(24-15-25-22)26-18-8-4-3-5-9-18/h6-7,10,15,18H,3-5,8-9,11-14,23H2,1-2H3,(H,24,25,26). The largest absolute Gasteiger partial charge is 0.393 e. The number of nitrogens with zero attached hydrogens (tertiary/aromatic N) is 4. The molecular weight excluding hydrogens is 348 g/mol. The second-order valence-electron chi connectivity index (χ2n) is 8.13. The summed E-state index contributed by atoms with van der Waals surface area (Å²) in [6.07, 6.45) is 7.97. The van der Waals surface area contributed by atoms with Crippen LogP contribution in [0.25, 0.3) is 0 Å². The van der Waals surface area contributed by atoms with E-state index in [1.165, 1.54) is 48.9 Å². The molecule has 1 saturated heterocycles. The third-order valence-electron chi connectivity index (χ3n) is 6.30. The Morgan fingerprint density at radius 2 is 1.68 bits per heavy atom. The molecule has 1 saturated carbocycles. The van der Waals surface area contributed by atoms with E-state index in [1.807, 2.05) is 0 Å². The Morgan fingerprint density at radius 1 is 0.964 bits per heavy atom. The van der Waals surface area contributed by atoms with Crippen molar-refractivity contribution in [2.24, 2.45) is 0 Å². The lowest BCUT2D eigenvalue weighted by Crippen LogP contribution is -2.47.